The molecule has 0 bridgehead atoms. The summed E-state index contributed by atoms with van der Waals surface area (Å²) in [5.41, 5.74) is 5.20. The fraction of sp³-hybridized carbons (Fsp3) is 0.0233. The van der Waals surface area contributed by atoms with Crippen LogP contribution >= 0.6 is 0 Å². The molecule has 0 aliphatic carbocycles. The molecule has 2 aliphatic rings. The molecule has 4 nitrogen and oxygen atoms in total. The molecule has 0 unspecified atom stereocenters. The summed E-state index contributed by atoms with van der Waals surface area (Å²) < 4.78 is 12.0. The quantitative estimate of drug-likeness (QED) is 0.111. The Kier molecular flexibility index (Phi) is 6.15. The summed E-state index contributed by atoms with van der Waals surface area (Å²) in [6.07, 6.45) is 0. The Hall–Kier alpha value is -6.26. The van der Waals surface area contributed by atoms with E-state index < -0.39 is 11.9 Å². The Morgan fingerprint density at radius 2 is 0.851 bits per heavy atom. The molecule has 2 aliphatic heterocycles. The molecule has 0 fully saturated rings. The molecule has 9 rings (SSSR count). The third kappa shape index (κ3) is 4.15. The second-order valence-electron chi connectivity index (χ2n) is 11.8. The largest absolute Gasteiger partial charge is 0.421 e. The maximum Gasteiger partial charge on any atom is 0.348 e. The average Bonchev–Trinajstić information content (AvgIpc) is 3.65. The SMILES string of the molecule is O=C1OC(c2c3ccccc3c(C(c3ccccc3)c3ccccc3)c3ccccc23)=C2C(=O)OC(c3cccc4ccccc34)=C12. The number of carbonyl (C=O) groups is 2. The Labute approximate surface area is 270 Å². The van der Waals surface area contributed by atoms with Gasteiger partial charge in [0.15, 0.2) is 11.5 Å². The highest BCUT2D eigenvalue weighted by atomic mass is 16.6. The van der Waals surface area contributed by atoms with Gasteiger partial charge in [-0.15, -0.1) is 0 Å². The van der Waals surface area contributed by atoms with Crippen LogP contribution in [0.3, 0.4) is 0 Å². The number of hydrogen-bond donors (Lipinski definition) is 0. The summed E-state index contributed by atoms with van der Waals surface area (Å²) >= 11 is 0. The Morgan fingerprint density at radius 3 is 1.45 bits per heavy atom. The lowest BCUT2D eigenvalue weighted by Gasteiger charge is -2.25. The van der Waals surface area contributed by atoms with E-state index in [9.17, 15) is 9.59 Å². The Bertz CT molecular complexity index is 2390. The zero-order chi connectivity index (χ0) is 31.5. The number of cyclic esters (lactones) is 2. The molecule has 0 N–H and O–H groups in total. The van der Waals surface area contributed by atoms with Crippen LogP contribution in [-0.4, -0.2) is 11.9 Å². The van der Waals surface area contributed by atoms with Gasteiger partial charge in [-0.25, -0.2) is 9.59 Å². The zero-order valence-electron chi connectivity index (χ0n) is 25.1. The lowest BCUT2D eigenvalue weighted by Crippen LogP contribution is -2.07. The predicted octanol–water partition coefficient (Wildman–Crippen LogP) is 9.56. The molecule has 0 atom stereocenters. The lowest BCUT2D eigenvalue weighted by atomic mass is 9.78. The molecular formula is C43H26O4. The summed E-state index contributed by atoms with van der Waals surface area (Å²) in [5, 5.41) is 5.68. The smallest absolute Gasteiger partial charge is 0.348 e. The van der Waals surface area contributed by atoms with Crippen molar-refractivity contribution in [3.63, 3.8) is 0 Å². The molecule has 222 valence electrons. The van der Waals surface area contributed by atoms with Crippen molar-refractivity contribution in [2.45, 2.75) is 5.92 Å². The number of benzene rings is 7. The van der Waals surface area contributed by atoms with Crippen molar-refractivity contribution in [3.05, 3.63) is 191 Å². The predicted molar refractivity (Wildman–Crippen MR) is 185 cm³/mol. The third-order valence-electron chi connectivity index (χ3n) is 9.29. The van der Waals surface area contributed by atoms with E-state index >= 15 is 0 Å². The summed E-state index contributed by atoms with van der Waals surface area (Å²) in [7, 11) is 0. The Balaban J connectivity index is 1.36. The minimum Gasteiger partial charge on any atom is -0.421 e. The van der Waals surface area contributed by atoms with E-state index in [1.165, 1.54) is 11.1 Å². The van der Waals surface area contributed by atoms with Crippen LogP contribution in [0.15, 0.2) is 163 Å². The molecule has 4 heteroatoms. The Morgan fingerprint density at radius 1 is 0.404 bits per heavy atom. The third-order valence-corrected chi connectivity index (χ3v) is 9.29. The monoisotopic (exact) mass is 606 g/mol. The van der Waals surface area contributed by atoms with Gasteiger partial charge in [-0.1, -0.05) is 152 Å². The van der Waals surface area contributed by atoms with Gasteiger partial charge in [0.25, 0.3) is 0 Å². The highest BCUT2D eigenvalue weighted by Crippen LogP contribution is 2.50. The van der Waals surface area contributed by atoms with Gasteiger partial charge in [-0.05, 0) is 49.0 Å². The van der Waals surface area contributed by atoms with Gasteiger partial charge in [-0.2, -0.15) is 0 Å². The van der Waals surface area contributed by atoms with Crippen LogP contribution in [0.4, 0.5) is 0 Å². The van der Waals surface area contributed by atoms with Crippen LogP contribution in [0.5, 0.6) is 0 Å². The minimum absolute atomic E-state index is 0.0742. The van der Waals surface area contributed by atoms with Gasteiger partial charge in [-0.3, -0.25) is 0 Å². The summed E-state index contributed by atoms with van der Waals surface area (Å²) in [5.74, 6) is -0.782. The maximum atomic E-state index is 13.8. The second kappa shape index (κ2) is 10.7. The number of ether oxygens (including phenoxy) is 2. The molecule has 0 saturated heterocycles. The first-order valence-corrected chi connectivity index (χ1v) is 15.6. The average molecular weight is 607 g/mol. The maximum absolute atomic E-state index is 13.8. The van der Waals surface area contributed by atoms with Crippen LogP contribution in [0.2, 0.25) is 0 Å². The molecule has 7 aromatic rings. The van der Waals surface area contributed by atoms with E-state index in [1.807, 2.05) is 91.0 Å². The van der Waals surface area contributed by atoms with Gasteiger partial charge in [0.2, 0.25) is 0 Å². The van der Waals surface area contributed by atoms with E-state index in [0.717, 1.165) is 37.9 Å². The first-order chi connectivity index (χ1) is 23.2. The van der Waals surface area contributed by atoms with Gasteiger partial charge >= 0.3 is 11.9 Å². The minimum atomic E-state index is -0.590. The zero-order valence-corrected chi connectivity index (χ0v) is 25.1. The number of esters is 2. The van der Waals surface area contributed by atoms with Gasteiger partial charge in [0.05, 0.1) is 0 Å². The second-order valence-corrected chi connectivity index (χ2v) is 11.8. The van der Waals surface area contributed by atoms with Crippen molar-refractivity contribution in [3.8, 4) is 0 Å². The number of hydrogen-bond acceptors (Lipinski definition) is 4. The highest BCUT2D eigenvalue weighted by Gasteiger charge is 2.46. The number of carbonyl (C=O) groups excluding carboxylic acids is 2. The standard InChI is InChI=1S/C43H26O4/c44-42-38-39(43(45)46-40(38)34-25-13-19-26-14-7-8-20-29(26)34)41(47-42)37-32-23-11-9-21-30(32)36(31-22-10-12-24-33(31)37)35(27-15-3-1-4-16-27)28-17-5-2-6-18-28/h1-25,35H. The molecule has 7 aromatic carbocycles. The topological polar surface area (TPSA) is 52.6 Å². The molecule has 0 saturated carbocycles. The number of fused-ring (bicyclic) bond motifs is 4. The van der Waals surface area contributed by atoms with Crippen molar-refractivity contribution < 1.29 is 19.1 Å². The van der Waals surface area contributed by atoms with Gasteiger partial charge in [0, 0.05) is 17.0 Å². The lowest BCUT2D eigenvalue weighted by molar-refractivity contribution is -0.131. The summed E-state index contributed by atoms with van der Waals surface area (Å²) in [6, 6.07) is 51.0. The van der Waals surface area contributed by atoms with Gasteiger partial charge < -0.3 is 9.47 Å². The fourth-order valence-corrected chi connectivity index (χ4v) is 7.33. The van der Waals surface area contributed by atoms with Crippen LogP contribution in [0, 0.1) is 0 Å². The summed E-state index contributed by atoms with van der Waals surface area (Å²) in [6.45, 7) is 0. The van der Waals surface area contributed by atoms with E-state index in [0.29, 0.717) is 11.1 Å². The molecule has 2 heterocycles. The summed E-state index contributed by atoms with van der Waals surface area (Å²) in [4.78, 5) is 27.5. The van der Waals surface area contributed by atoms with Crippen LogP contribution in [0.25, 0.3) is 43.8 Å². The molecule has 0 radical (unpaired) electrons. The van der Waals surface area contributed by atoms with Crippen molar-refractivity contribution in [2.24, 2.45) is 0 Å². The molecule has 47 heavy (non-hydrogen) atoms. The normalized spacial score (nSPS) is 14.4. The fourth-order valence-electron chi connectivity index (χ4n) is 7.33. The van der Waals surface area contributed by atoms with Crippen molar-refractivity contribution in [1.29, 1.82) is 0 Å². The van der Waals surface area contributed by atoms with Crippen LogP contribution in [-0.2, 0) is 19.1 Å². The van der Waals surface area contributed by atoms with Crippen molar-refractivity contribution >= 4 is 55.8 Å². The van der Waals surface area contributed by atoms with Crippen LogP contribution < -0.4 is 0 Å². The highest BCUT2D eigenvalue weighted by molar-refractivity contribution is 6.28. The van der Waals surface area contributed by atoms with E-state index in [-0.39, 0.29) is 28.6 Å². The molecule has 0 spiro atoms. The molecular weight excluding hydrogens is 580 g/mol. The van der Waals surface area contributed by atoms with E-state index in [4.69, 9.17) is 9.47 Å². The van der Waals surface area contributed by atoms with Crippen molar-refractivity contribution in [1.82, 2.24) is 0 Å². The first kappa shape index (κ1) is 27.1. The molecule has 0 aromatic heterocycles. The van der Waals surface area contributed by atoms with E-state index in [2.05, 4.69) is 60.7 Å². The van der Waals surface area contributed by atoms with Crippen molar-refractivity contribution in [2.75, 3.05) is 0 Å². The van der Waals surface area contributed by atoms with Crippen LogP contribution in [0.1, 0.15) is 33.7 Å². The molecule has 0 amide bonds. The van der Waals surface area contributed by atoms with E-state index in [1.54, 1.807) is 0 Å². The number of rotatable bonds is 5. The first-order valence-electron chi connectivity index (χ1n) is 15.6. The van der Waals surface area contributed by atoms with Gasteiger partial charge in [0.1, 0.15) is 11.1 Å².